The van der Waals surface area contributed by atoms with Crippen LogP contribution in [0.5, 0.6) is 0 Å². The summed E-state index contributed by atoms with van der Waals surface area (Å²) in [6, 6.07) is 0. The highest BCUT2D eigenvalue weighted by Crippen LogP contribution is 2.52. The number of rotatable bonds is 0. The molecule has 14 heavy (non-hydrogen) atoms. The minimum Gasteiger partial charge on any atom is -0.412 e. The van der Waals surface area contributed by atoms with Gasteiger partial charge in [-0.1, -0.05) is 0 Å². The van der Waals surface area contributed by atoms with E-state index in [2.05, 4.69) is 5.32 Å². The lowest BCUT2D eigenvalue weighted by Gasteiger charge is -2.51. The van der Waals surface area contributed by atoms with Gasteiger partial charge in [0, 0.05) is 6.42 Å². The summed E-state index contributed by atoms with van der Waals surface area (Å²) in [6.07, 6.45) is 3.48. The van der Waals surface area contributed by atoms with E-state index in [1.807, 2.05) is 0 Å². The van der Waals surface area contributed by atoms with Gasteiger partial charge in [0.15, 0.2) is 0 Å². The van der Waals surface area contributed by atoms with Crippen molar-refractivity contribution in [2.75, 3.05) is 6.54 Å². The Morgan fingerprint density at radius 3 is 2.21 bits per heavy atom. The van der Waals surface area contributed by atoms with Crippen molar-refractivity contribution in [3.05, 3.63) is 0 Å². The third-order valence-electron chi connectivity index (χ3n) is 3.54. The van der Waals surface area contributed by atoms with E-state index in [1.54, 1.807) is 0 Å². The Morgan fingerprint density at radius 2 is 1.79 bits per heavy atom. The number of carbonyl (C=O) groups excluding carboxylic acids is 2. The number of esters is 2. The van der Waals surface area contributed by atoms with Gasteiger partial charge in [-0.2, -0.15) is 0 Å². The molecule has 76 valence electrons. The fourth-order valence-corrected chi connectivity index (χ4v) is 2.68. The second kappa shape index (κ2) is 2.28. The van der Waals surface area contributed by atoms with Crippen LogP contribution in [0.1, 0.15) is 25.7 Å². The van der Waals surface area contributed by atoms with Gasteiger partial charge in [-0.05, 0) is 25.8 Å². The van der Waals surface area contributed by atoms with Gasteiger partial charge >= 0.3 is 11.9 Å². The molecule has 2 spiro atoms. The van der Waals surface area contributed by atoms with Crippen LogP contribution in [0, 0.1) is 0 Å². The van der Waals surface area contributed by atoms with Crippen molar-refractivity contribution in [2.45, 2.75) is 37.0 Å². The van der Waals surface area contributed by atoms with E-state index in [1.165, 1.54) is 0 Å². The molecule has 1 aliphatic carbocycles. The quantitative estimate of drug-likeness (QED) is 0.426. The lowest BCUT2D eigenvalue weighted by atomic mass is 9.69. The van der Waals surface area contributed by atoms with Gasteiger partial charge in [0.25, 0.3) is 5.79 Å². The molecule has 1 saturated carbocycles. The zero-order valence-corrected chi connectivity index (χ0v) is 7.67. The average molecular weight is 197 g/mol. The molecule has 2 aliphatic heterocycles. The van der Waals surface area contributed by atoms with Crippen LogP contribution in [0.3, 0.4) is 0 Å². The molecule has 0 bridgehead atoms. The molecule has 5 heteroatoms. The van der Waals surface area contributed by atoms with E-state index in [9.17, 15) is 9.59 Å². The maximum atomic E-state index is 11.0. The van der Waals surface area contributed by atoms with Gasteiger partial charge in [0.2, 0.25) is 0 Å². The molecular formula is C9H11NO4. The summed E-state index contributed by atoms with van der Waals surface area (Å²) < 4.78 is 10.1. The highest BCUT2D eigenvalue weighted by atomic mass is 16.8. The molecule has 0 aromatic rings. The standard InChI is InChI=1S/C9H11NO4/c11-6-7(12)14-9(13-6)4-3-8(9)2-1-5-10-8/h10H,1-5H2. The molecule has 3 fully saturated rings. The predicted octanol–water partition coefficient (Wildman–Crippen LogP) is -0.301. The second-order valence-electron chi connectivity index (χ2n) is 4.14. The summed E-state index contributed by atoms with van der Waals surface area (Å²) in [6.45, 7) is 0.900. The van der Waals surface area contributed by atoms with Crippen LogP contribution in [0.2, 0.25) is 0 Å². The number of fused-ring (bicyclic) bond motifs is 1. The summed E-state index contributed by atoms with van der Waals surface area (Å²) in [5.41, 5.74) is -0.283. The molecule has 1 N–H and O–H groups in total. The van der Waals surface area contributed by atoms with Crippen molar-refractivity contribution >= 4 is 11.9 Å². The van der Waals surface area contributed by atoms with Crippen molar-refractivity contribution < 1.29 is 19.1 Å². The molecule has 0 aromatic heterocycles. The van der Waals surface area contributed by atoms with E-state index in [0.717, 1.165) is 25.8 Å². The maximum Gasteiger partial charge on any atom is 0.420 e. The SMILES string of the molecule is O=C1OC2(CCC23CCCN3)OC1=O. The first-order valence-corrected chi connectivity index (χ1v) is 4.89. The number of ether oxygens (including phenoxy) is 2. The average Bonchev–Trinajstić information content (AvgIpc) is 2.73. The van der Waals surface area contributed by atoms with E-state index >= 15 is 0 Å². The molecule has 1 unspecified atom stereocenters. The van der Waals surface area contributed by atoms with Gasteiger partial charge in [0.1, 0.15) is 0 Å². The van der Waals surface area contributed by atoms with Crippen LogP contribution < -0.4 is 5.32 Å². The van der Waals surface area contributed by atoms with Crippen molar-refractivity contribution in [2.24, 2.45) is 0 Å². The molecule has 5 nitrogen and oxygen atoms in total. The summed E-state index contributed by atoms with van der Waals surface area (Å²) in [4.78, 5) is 22.0. The predicted molar refractivity (Wildman–Crippen MR) is 44.1 cm³/mol. The van der Waals surface area contributed by atoms with Gasteiger partial charge in [-0.3, -0.25) is 0 Å². The molecule has 1 atom stereocenters. The first kappa shape index (κ1) is 8.23. The summed E-state index contributed by atoms with van der Waals surface area (Å²) in [5.74, 6) is -2.67. The molecule has 2 heterocycles. The highest BCUT2D eigenvalue weighted by Gasteiger charge is 2.69. The normalized spacial score (nSPS) is 38.6. The van der Waals surface area contributed by atoms with Crippen LogP contribution in [0.4, 0.5) is 0 Å². The first-order valence-electron chi connectivity index (χ1n) is 4.89. The molecule has 2 saturated heterocycles. The third-order valence-corrected chi connectivity index (χ3v) is 3.54. The Bertz CT molecular complexity index is 303. The van der Waals surface area contributed by atoms with E-state index < -0.39 is 17.7 Å². The maximum absolute atomic E-state index is 11.0. The minimum atomic E-state index is -0.975. The summed E-state index contributed by atoms with van der Waals surface area (Å²) >= 11 is 0. The monoisotopic (exact) mass is 197 g/mol. The Morgan fingerprint density at radius 1 is 1.07 bits per heavy atom. The minimum absolute atomic E-state index is 0.283. The number of hydrogen-bond acceptors (Lipinski definition) is 5. The van der Waals surface area contributed by atoms with Crippen LogP contribution in [-0.2, 0) is 19.1 Å². The zero-order valence-electron chi connectivity index (χ0n) is 7.67. The number of carbonyl (C=O) groups is 2. The highest BCUT2D eigenvalue weighted by molar-refractivity contribution is 6.31. The van der Waals surface area contributed by atoms with Crippen LogP contribution in [0.15, 0.2) is 0 Å². The molecule has 0 radical (unpaired) electrons. The van der Waals surface area contributed by atoms with Crippen LogP contribution in [-0.4, -0.2) is 29.8 Å². The molecule has 3 aliphatic rings. The fraction of sp³-hybridized carbons (Fsp3) is 0.778. The van der Waals surface area contributed by atoms with Gasteiger partial charge in [-0.25, -0.2) is 9.59 Å². The Hall–Kier alpha value is -1.10. The molecular weight excluding hydrogens is 186 g/mol. The lowest BCUT2D eigenvalue weighted by Crippen LogP contribution is -2.68. The number of hydrogen-bond donors (Lipinski definition) is 1. The van der Waals surface area contributed by atoms with E-state index in [-0.39, 0.29) is 5.54 Å². The number of nitrogens with one attached hydrogen (secondary N) is 1. The molecule has 3 rings (SSSR count). The Kier molecular flexibility index (Phi) is 1.34. The van der Waals surface area contributed by atoms with Crippen LogP contribution >= 0.6 is 0 Å². The Balaban J connectivity index is 1.91. The van der Waals surface area contributed by atoms with Gasteiger partial charge in [-0.15, -0.1) is 0 Å². The van der Waals surface area contributed by atoms with Crippen molar-refractivity contribution in [3.63, 3.8) is 0 Å². The van der Waals surface area contributed by atoms with Gasteiger partial charge < -0.3 is 14.8 Å². The van der Waals surface area contributed by atoms with E-state index in [0.29, 0.717) is 6.42 Å². The fourth-order valence-electron chi connectivity index (χ4n) is 2.68. The van der Waals surface area contributed by atoms with Crippen LogP contribution in [0.25, 0.3) is 0 Å². The summed E-state index contributed by atoms with van der Waals surface area (Å²) in [5, 5.41) is 3.29. The third kappa shape index (κ3) is 0.744. The lowest BCUT2D eigenvalue weighted by molar-refractivity contribution is -0.256. The van der Waals surface area contributed by atoms with Crippen molar-refractivity contribution in [1.82, 2.24) is 5.32 Å². The van der Waals surface area contributed by atoms with Crippen molar-refractivity contribution in [1.29, 1.82) is 0 Å². The van der Waals surface area contributed by atoms with Crippen molar-refractivity contribution in [3.8, 4) is 0 Å². The second-order valence-corrected chi connectivity index (χ2v) is 4.14. The molecule has 0 amide bonds. The smallest absolute Gasteiger partial charge is 0.412 e. The molecule has 0 aromatic carbocycles. The largest absolute Gasteiger partial charge is 0.420 e. The van der Waals surface area contributed by atoms with Gasteiger partial charge in [0.05, 0.1) is 5.54 Å². The zero-order chi connectivity index (χ0) is 9.81. The van der Waals surface area contributed by atoms with E-state index in [4.69, 9.17) is 9.47 Å². The topological polar surface area (TPSA) is 64.6 Å². The first-order chi connectivity index (χ1) is 6.68. The Labute approximate surface area is 80.7 Å². The summed E-state index contributed by atoms with van der Waals surface area (Å²) in [7, 11) is 0.